The molecule has 15 heteroatoms. The third kappa shape index (κ3) is 13.9. The summed E-state index contributed by atoms with van der Waals surface area (Å²) >= 11 is 1.02. The highest BCUT2D eigenvalue weighted by atomic mass is 32.1. The average molecular weight is 736 g/mol. The summed E-state index contributed by atoms with van der Waals surface area (Å²) in [6.45, 7) is 13.0. The largest absolute Gasteiger partial charge is 0.399 e. The molecule has 0 aliphatic carbocycles. The Balaban J connectivity index is 0.000000250. The standard InChI is InChI=1S/C13H26N2O.C10H8F2NO4PS.C6H8N2O.C6H6/c1-4-14(11-12(2)3)10-7-13(16)15-8-5-6-9-15;11-10(12,18(15,16)17)6-1-2-7-5(3-6)4-8(19-7)9(13)14;7-3-6-1-2-8(4-6)5-9;1-2-4-6-5-3-1/h12H,4-11H2,1-3H3;1-4H,(H2,13,14)(H2,15,16,17);5-6H,1-2,4H2;1-6H. The molecule has 4 N–H and O–H groups in total. The summed E-state index contributed by atoms with van der Waals surface area (Å²) in [5, 5.41) is 8.67. The Hall–Kier alpha value is -3.73. The van der Waals surface area contributed by atoms with Gasteiger partial charge in [-0.15, -0.1) is 11.3 Å². The van der Waals surface area contributed by atoms with E-state index in [9.17, 15) is 27.7 Å². The molecule has 3 amide bonds. The molecule has 1 unspecified atom stereocenters. The van der Waals surface area contributed by atoms with Gasteiger partial charge in [0, 0.05) is 56.0 Å². The number of nitrogens with zero attached hydrogens (tertiary/aromatic N) is 4. The summed E-state index contributed by atoms with van der Waals surface area (Å²) in [4.78, 5) is 56.4. The second-order valence-corrected chi connectivity index (χ2v) is 15.0. The zero-order valence-corrected chi connectivity index (χ0v) is 30.5. The van der Waals surface area contributed by atoms with Crippen LogP contribution in [0, 0.1) is 23.2 Å². The lowest BCUT2D eigenvalue weighted by Crippen LogP contribution is -2.34. The first-order valence-electron chi connectivity index (χ1n) is 16.5. The number of primary amides is 1. The molecular formula is C35H48F2N5O6PS. The van der Waals surface area contributed by atoms with Gasteiger partial charge in [-0.25, -0.2) is 0 Å². The lowest BCUT2D eigenvalue weighted by atomic mass is 10.1. The van der Waals surface area contributed by atoms with E-state index in [1.54, 1.807) is 4.90 Å². The van der Waals surface area contributed by atoms with E-state index in [1.807, 2.05) is 41.3 Å². The second kappa shape index (κ2) is 20.8. The number of carbonyl (C=O) groups excluding carboxylic acids is 3. The highest BCUT2D eigenvalue weighted by Gasteiger charge is 2.50. The van der Waals surface area contributed by atoms with Crippen molar-refractivity contribution in [2.75, 3.05) is 45.8 Å². The third-order valence-corrected chi connectivity index (χ3v) is 9.98. The summed E-state index contributed by atoms with van der Waals surface area (Å²) in [7, 11) is -5.60. The number of halogens is 2. The smallest absolute Gasteiger partial charge is 0.365 e. The van der Waals surface area contributed by atoms with Crippen molar-refractivity contribution in [2.45, 2.75) is 52.1 Å². The van der Waals surface area contributed by atoms with Crippen molar-refractivity contribution in [3.8, 4) is 6.07 Å². The lowest BCUT2D eigenvalue weighted by molar-refractivity contribution is -0.130. The maximum absolute atomic E-state index is 13.5. The highest BCUT2D eigenvalue weighted by molar-refractivity contribution is 7.52. The van der Waals surface area contributed by atoms with Gasteiger partial charge in [0.15, 0.2) is 0 Å². The molecule has 0 saturated carbocycles. The minimum Gasteiger partial charge on any atom is -0.365 e. The van der Waals surface area contributed by atoms with Crippen LogP contribution in [0.2, 0.25) is 0 Å². The van der Waals surface area contributed by atoms with Gasteiger partial charge in [-0.1, -0.05) is 63.2 Å². The minimum absolute atomic E-state index is 0.0789. The van der Waals surface area contributed by atoms with Crippen LogP contribution in [0.25, 0.3) is 10.1 Å². The van der Waals surface area contributed by atoms with Crippen molar-refractivity contribution in [3.63, 3.8) is 0 Å². The summed E-state index contributed by atoms with van der Waals surface area (Å²) in [6, 6.07) is 18.6. The molecule has 2 aromatic carbocycles. The van der Waals surface area contributed by atoms with E-state index < -0.39 is 24.7 Å². The van der Waals surface area contributed by atoms with Crippen molar-refractivity contribution in [1.29, 1.82) is 5.26 Å². The number of hydrogen-bond donors (Lipinski definition) is 3. The number of rotatable bonds is 10. The fourth-order valence-corrected chi connectivity index (χ4v) is 6.54. The van der Waals surface area contributed by atoms with Crippen LogP contribution in [0.5, 0.6) is 0 Å². The Morgan fingerprint density at radius 2 is 1.72 bits per heavy atom. The zero-order valence-electron chi connectivity index (χ0n) is 28.8. The number of alkyl halides is 2. The number of likely N-dealkylation sites (tertiary alicyclic amines) is 2. The number of nitriles is 1. The van der Waals surface area contributed by atoms with E-state index in [0.717, 1.165) is 75.6 Å². The molecule has 11 nitrogen and oxygen atoms in total. The lowest BCUT2D eigenvalue weighted by Gasteiger charge is -2.23. The van der Waals surface area contributed by atoms with Gasteiger partial charge >= 0.3 is 13.3 Å². The molecular weight excluding hydrogens is 687 g/mol. The van der Waals surface area contributed by atoms with Gasteiger partial charge in [0.2, 0.25) is 12.3 Å². The van der Waals surface area contributed by atoms with Crippen LogP contribution >= 0.6 is 18.9 Å². The first-order chi connectivity index (χ1) is 23.6. The summed E-state index contributed by atoms with van der Waals surface area (Å²) in [6.07, 6.45) is 4.72. The van der Waals surface area contributed by atoms with Crippen LogP contribution in [0.3, 0.4) is 0 Å². The van der Waals surface area contributed by atoms with E-state index >= 15 is 0 Å². The average Bonchev–Trinajstić information content (AvgIpc) is 3.88. The third-order valence-electron chi connectivity index (χ3n) is 7.86. The molecule has 1 atom stereocenters. The monoisotopic (exact) mass is 735 g/mol. The molecule has 2 aliphatic rings. The molecule has 2 aliphatic heterocycles. The van der Waals surface area contributed by atoms with Crippen LogP contribution < -0.4 is 5.73 Å². The maximum atomic E-state index is 13.5. The number of carbonyl (C=O) groups is 3. The van der Waals surface area contributed by atoms with Gasteiger partial charge < -0.3 is 30.2 Å². The molecule has 2 saturated heterocycles. The zero-order chi connectivity index (χ0) is 37.3. The van der Waals surface area contributed by atoms with Gasteiger partial charge in [0.1, 0.15) is 0 Å². The Bertz CT molecular complexity index is 1560. The van der Waals surface area contributed by atoms with Crippen LogP contribution in [-0.4, -0.2) is 88.5 Å². The normalized spacial score (nSPS) is 15.7. The number of nitrogens with two attached hydrogens (primary N) is 1. The number of benzene rings is 2. The van der Waals surface area contributed by atoms with Gasteiger partial charge in [-0.05, 0) is 55.3 Å². The summed E-state index contributed by atoms with van der Waals surface area (Å²) in [5.41, 5.74) is -0.00188. The van der Waals surface area contributed by atoms with Crippen molar-refractivity contribution in [3.05, 3.63) is 71.1 Å². The molecule has 2 fully saturated rings. The number of fused-ring (bicyclic) bond motifs is 1. The van der Waals surface area contributed by atoms with Crippen molar-refractivity contribution in [2.24, 2.45) is 17.6 Å². The summed E-state index contributed by atoms with van der Waals surface area (Å²) < 4.78 is 38.3. The van der Waals surface area contributed by atoms with Crippen molar-refractivity contribution < 1.29 is 37.5 Å². The molecule has 1 aromatic heterocycles. The Kier molecular flexibility index (Phi) is 17.7. The summed E-state index contributed by atoms with van der Waals surface area (Å²) in [5.74, 6) is 0.418. The molecule has 0 radical (unpaired) electrons. The van der Waals surface area contributed by atoms with Gasteiger partial charge in [-0.2, -0.15) is 14.0 Å². The van der Waals surface area contributed by atoms with E-state index in [0.29, 0.717) is 29.5 Å². The second-order valence-electron chi connectivity index (χ2n) is 12.3. The Morgan fingerprint density at radius 1 is 1.12 bits per heavy atom. The van der Waals surface area contributed by atoms with Crippen molar-refractivity contribution in [1.82, 2.24) is 14.7 Å². The number of amides is 3. The predicted octanol–water partition coefficient (Wildman–Crippen LogP) is 5.88. The molecule has 3 heterocycles. The highest BCUT2D eigenvalue weighted by Crippen LogP contribution is 2.59. The van der Waals surface area contributed by atoms with E-state index in [2.05, 4.69) is 31.7 Å². The Morgan fingerprint density at radius 3 is 2.16 bits per heavy atom. The van der Waals surface area contributed by atoms with Gasteiger partial charge in [0.25, 0.3) is 5.91 Å². The van der Waals surface area contributed by atoms with E-state index in [4.69, 9.17) is 20.8 Å². The number of thiophene rings is 1. The van der Waals surface area contributed by atoms with Gasteiger partial charge in [-0.3, -0.25) is 18.9 Å². The van der Waals surface area contributed by atoms with Gasteiger partial charge in [0.05, 0.1) is 16.9 Å². The molecule has 3 aromatic rings. The first-order valence-corrected chi connectivity index (χ1v) is 18.9. The van der Waals surface area contributed by atoms with Crippen molar-refractivity contribution >= 4 is 47.2 Å². The molecule has 50 heavy (non-hydrogen) atoms. The van der Waals surface area contributed by atoms with Crippen LogP contribution in [-0.2, 0) is 19.8 Å². The predicted molar refractivity (Wildman–Crippen MR) is 191 cm³/mol. The van der Waals surface area contributed by atoms with Crippen LogP contribution in [0.15, 0.2) is 60.7 Å². The molecule has 0 spiro atoms. The van der Waals surface area contributed by atoms with E-state index in [-0.39, 0.29) is 16.2 Å². The molecule has 5 rings (SSSR count). The topological polar surface area (TPSA) is 168 Å². The molecule has 0 bridgehead atoms. The first kappa shape index (κ1) is 42.4. The minimum atomic E-state index is -5.60. The van der Waals surface area contributed by atoms with E-state index in [1.165, 1.54) is 25.0 Å². The maximum Gasteiger partial charge on any atom is 0.399 e. The number of hydrogen-bond acceptors (Lipinski definition) is 7. The fraction of sp³-hybridized carbons (Fsp3) is 0.486. The molecule has 274 valence electrons. The SMILES string of the molecule is CCN(CCC(=O)N1CCCC1)CC(C)C.N#CC1CCN(C=O)C1.NC(=O)c1cc2cc(C(F)(F)P(=O)(O)O)ccc2s1.c1ccccc1. The fourth-order valence-electron chi connectivity index (χ4n) is 5.17. The Labute approximate surface area is 296 Å². The quantitative estimate of drug-likeness (QED) is 0.171. The van der Waals surface area contributed by atoms with Crippen LogP contribution in [0.1, 0.15) is 61.7 Å². The van der Waals surface area contributed by atoms with Crippen LogP contribution in [0.4, 0.5) is 8.78 Å².